The Balaban J connectivity index is 1.70. The first-order chi connectivity index (χ1) is 13.6. The Hall–Kier alpha value is -3.13. The van der Waals surface area contributed by atoms with Crippen LogP contribution in [0.5, 0.6) is 0 Å². The molecule has 1 aliphatic rings. The summed E-state index contributed by atoms with van der Waals surface area (Å²) >= 11 is 6.51. The summed E-state index contributed by atoms with van der Waals surface area (Å²) in [4.78, 5) is 12.6. The van der Waals surface area contributed by atoms with Crippen molar-refractivity contribution in [3.63, 3.8) is 0 Å². The number of aromatic nitrogens is 4. The summed E-state index contributed by atoms with van der Waals surface area (Å²) in [5, 5.41) is 14.7. The van der Waals surface area contributed by atoms with Gasteiger partial charge in [0, 0.05) is 36.3 Å². The topological polar surface area (TPSA) is 78.3 Å². The van der Waals surface area contributed by atoms with E-state index in [1.807, 2.05) is 17.0 Å². The first-order valence-corrected chi connectivity index (χ1v) is 9.23. The van der Waals surface area contributed by atoms with Crippen molar-refractivity contribution < 1.29 is 9.18 Å². The number of aromatic amines is 1. The molecule has 5 rings (SSSR count). The monoisotopic (exact) mass is 398 g/mol. The standard InChI is InChI=1S/C19H16ClFN6O/c1-10-7-26(8-10)19-17(21)16(20)15(13-6-23-24-18(13)19)11-2-3-27-12(4-11)5-14(25-27)22-9-28/h2-6,9-10H,7-8H2,1H3,(H,23,24)(H,22,25,28). The molecule has 4 aromatic rings. The zero-order valence-corrected chi connectivity index (χ0v) is 15.7. The number of amides is 1. The van der Waals surface area contributed by atoms with Gasteiger partial charge in [-0.15, -0.1) is 0 Å². The van der Waals surface area contributed by atoms with Crippen LogP contribution in [0.3, 0.4) is 0 Å². The van der Waals surface area contributed by atoms with Crippen LogP contribution in [0.1, 0.15) is 6.92 Å². The third kappa shape index (κ3) is 2.45. The summed E-state index contributed by atoms with van der Waals surface area (Å²) in [7, 11) is 0. The lowest BCUT2D eigenvalue weighted by Gasteiger charge is -2.39. The second kappa shape index (κ2) is 6.20. The number of benzene rings is 1. The summed E-state index contributed by atoms with van der Waals surface area (Å²) in [6, 6.07) is 5.38. The van der Waals surface area contributed by atoms with Gasteiger partial charge in [0.2, 0.25) is 6.41 Å². The van der Waals surface area contributed by atoms with E-state index in [4.69, 9.17) is 11.6 Å². The molecule has 3 aromatic heterocycles. The summed E-state index contributed by atoms with van der Waals surface area (Å²) in [5.74, 6) is 0.506. The molecule has 0 atom stereocenters. The van der Waals surface area contributed by atoms with Crippen LogP contribution in [-0.4, -0.2) is 39.3 Å². The summed E-state index contributed by atoms with van der Waals surface area (Å²) in [6.07, 6.45) is 3.98. The number of nitrogens with one attached hydrogen (secondary N) is 2. The summed E-state index contributed by atoms with van der Waals surface area (Å²) < 4.78 is 16.9. The fraction of sp³-hybridized carbons (Fsp3) is 0.211. The van der Waals surface area contributed by atoms with Gasteiger partial charge in [0.05, 0.1) is 22.3 Å². The minimum Gasteiger partial charge on any atom is -0.367 e. The van der Waals surface area contributed by atoms with E-state index in [2.05, 4.69) is 27.5 Å². The van der Waals surface area contributed by atoms with E-state index < -0.39 is 5.82 Å². The van der Waals surface area contributed by atoms with Crippen molar-refractivity contribution in [2.45, 2.75) is 6.92 Å². The highest BCUT2D eigenvalue weighted by atomic mass is 35.5. The third-order valence-electron chi connectivity index (χ3n) is 5.10. The van der Waals surface area contributed by atoms with Gasteiger partial charge in [-0.25, -0.2) is 8.91 Å². The average Bonchev–Trinajstić information content (AvgIpc) is 3.27. The Morgan fingerprint density at radius 3 is 2.96 bits per heavy atom. The second-order valence-electron chi connectivity index (χ2n) is 7.10. The fourth-order valence-electron chi connectivity index (χ4n) is 3.84. The number of halogens is 2. The molecule has 1 amide bonds. The van der Waals surface area contributed by atoms with Crippen LogP contribution in [0.25, 0.3) is 27.5 Å². The van der Waals surface area contributed by atoms with E-state index in [0.29, 0.717) is 34.9 Å². The number of nitrogens with zero attached hydrogens (tertiary/aromatic N) is 4. The lowest BCUT2D eigenvalue weighted by Crippen LogP contribution is -2.45. The van der Waals surface area contributed by atoms with Crippen LogP contribution >= 0.6 is 11.6 Å². The van der Waals surface area contributed by atoms with Crippen LogP contribution in [0, 0.1) is 11.7 Å². The molecule has 0 radical (unpaired) electrons. The van der Waals surface area contributed by atoms with E-state index in [9.17, 15) is 4.79 Å². The predicted molar refractivity (Wildman–Crippen MR) is 106 cm³/mol. The molecule has 1 aromatic carbocycles. The minimum atomic E-state index is -0.447. The number of carbonyl (C=O) groups is 1. The molecule has 0 bridgehead atoms. The first kappa shape index (κ1) is 17.0. The highest BCUT2D eigenvalue weighted by Gasteiger charge is 2.30. The van der Waals surface area contributed by atoms with Crippen molar-refractivity contribution >= 4 is 45.9 Å². The number of pyridine rings is 1. The number of hydrogen-bond acceptors (Lipinski definition) is 4. The first-order valence-electron chi connectivity index (χ1n) is 8.85. The predicted octanol–water partition coefficient (Wildman–Crippen LogP) is 3.69. The molecule has 9 heteroatoms. The van der Waals surface area contributed by atoms with E-state index in [-0.39, 0.29) is 5.02 Å². The molecule has 0 spiro atoms. The molecule has 28 heavy (non-hydrogen) atoms. The van der Waals surface area contributed by atoms with Gasteiger partial charge in [0.25, 0.3) is 0 Å². The SMILES string of the molecule is CC1CN(c2c(F)c(Cl)c(-c3ccn4nc(NC=O)cc4c3)c3cn[nH]c23)C1. The van der Waals surface area contributed by atoms with Crippen molar-refractivity contribution in [2.24, 2.45) is 5.92 Å². The summed E-state index contributed by atoms with van der Waals surface area (Å²) in [6.45, 7) is 3.70. The molecule has 7 nitrogen and oxygen atoms in total. The Labute approximate surface area is 164 Å². The van der Waals surface area contributed by atoms with Crippen molar-refractivity contribution in [3.8, 4) is 11.1 Å². The van der Waals surface area contributed by atoms with Gasteiger partial charge in [0.15, 0.2) is 11.6 Å². The van der Waals surface area contributed by atoms with Crippen LogP contribution in [-0.2, 0) is 4.79 Å². The van der Waals surface area contributed by atoms with Crippen molar-refractivity contribution in [3.05, 3.63) is 41.4 Å². The smallest absolute Gasteiger partial charge is 0.212 e. The maximum atomic E-state index is 15.3. The number of rotatable bonds is 4. The molecular formula is C19H16ClFN6O. The van der Waals surface area contributed by atoms with E-state index in [0.717, 1.165) is 29.6 Å². The van der Waals surface area contributed by atoms with Gasteiger partial charge < -0.3 is 10.2 Å². The van der Waals surface area contributed by atoms with Gasteiger partial charge in [-0.3, -0.25) is 9.89 Å². The van der Waals surface area contributed by atoms with Crippen molar-refractivity contribution in [1.29, 1.82) is 0 Å². The van der Waals surface area contributed by atoms with Crippen LogP contribution < -0.4 is 10.2 Å². The lowest BCUT2D eigenvalue weighted by atomic mass is 9.97. The maximum absolute atomic E-state index is 15.3. The molecule has 0 saturated carbocycles. The largest absolute Gasteiger partial charge is 0.367 e. The Bertz CT molecular complexity index is 1230. The molecular weight excluding hydrogens is 383 g/mol. The number of hydrogen-bond donors (Lipinski definition) is 2. The molecule has 2 N–H and O–H groups in total. The van der Waals surface area contributed by atoms with E-state index in [1.54, 1.807) is 23.0 Å². The molecule has 142 valence electrons. The molecule has 0 unspecified atom stereocenters. The van der Waals surface area contributed by atoms with Crippen LogP contribution in [0.4, 0.5) is 15.9 Å². The van der Waals surface area contributed by atoms with E-state index in [1.165, 1.54) is 0 Å². The van der Waals surface area contributed by atoms with Crippen molar-refractivity contribution in [2.75, 3.05) is 23.3 Å². The van der Waals surface area contributed by atoms with Gasteiger partial charge in [-0.05, 0) is 23.6 Å². The highest BCUT2D eigenvalue weighted by Crippen LogP contribution is 2.44. The Morgan fingerprint density at radius 2 is 2.21 bits per heavy atom. The third-order valence-corrected chi connectivity index (χ3v) is 5.46. The van der Waals surface area contributed by atoms with Gasteiger partial charge in [-0.2, -0.15) is 10.2 Å². The molecule has 0 aliphatic carbocycles. The number of carbonyl (C=O) groups excluding carboxylic acids is 1. The molecule has 4 heterocycles. The summed E-state index contributed by atoms with van der Waals surface area (Å²) in [5.41, 5.74) is 3.18. The maximum Gasteiger partial charge on any atom is 0.212 e. The van der Waals surface area contributed by atoms with Crippen molar-refractivity contribution in [1.82, 2.24) is 19.8 Å². The van der Waals surface area contributed by atoms with Crippen LogP contribution in [0.2, 0.25) is 5.02 Å². The Kier molecular flexibility index (Phi) is 3.77. The van der Waals surface area contributed by atoms with Gasteiger partial charge in [0.1, 0.15) is 5.69 Å². The molecule has 1 fully saturated rings. The molecule has 1 aliphatic heterocycles. The minimum absolute atomic E-state index is 0.0681. The highest BCUT2D eigenvalue weighted by molar-refractivity contribution is 6.36. The number of fused-ring (bicyclic) bond motifs is 2. The Morgan fingerprint density at radius 1 is 1.39 bits per heavy atom. The number of H-pyrrole nitrogens is 1. The normalized spacial score (nSPS) is 14.6. The fourth-order valence-corrected chi connectivity index (χ4v) is 4.14. The zero-order valence-electron chi connectivity index (χ0n) is 14.9. The molecule has 1 saturated heterocycles. The van der Waals surface area contributed by atoms with Gasteiger partial charge in [-0.1, -0.05) is 18.5 Å². The second-order valence-corrected chi connectivity index (χ2v) is 7.47. The van der Waals surface area contributed by atoms with Crippen LogP contribution in [0.15, 0.2) is 30.6 Å². The van der Waals surface area contributed by atoms with Gasteiger partial charge >= 0.3 is 0 Å². The average molecular weight is 399 g/mol. The number of anilines is 2. The lowest BCUT2D eigenvalue weighted by molar-refractivity contribution is -0.105. The zero-order chi connectivity index (χ0) is 19.4. The quantitative estimate of drug-likeness (QED) is 0.514. The van der Waals surface area contributed by atoms with E-state index >= 15 is 4.39 Å².